The van der Waals surface area contributed by atoms with Crippen LogP contribution in [0.4, 0.5) is 0 Å². The maximum absolute atomic E-state index is 7.41. The Hall–Kier alpha value is -1.61. The van der Waals surface area contributed by atoms with Gasteiger partial charge in [-0.15, -0.1) is 0 Å². The maximum atomic E-state index is 7.41. The zero-order valence-corrected chi connectivity index (χ0v) is 9.89. The molecule has 3 N–H and O–H groups in total. The third kappa shape index (κ3) is 1.63. The summed E-state index contributed by atoms with van der Waals surface area (Å²) in [4.78, 5) is 4.36. The van der Waals surface area contributed by atoms with E-state index < -0.39 is 0 Å². The number of nitrogens with one attached hydrogen (secondary N) is 1. The number of nitrogens with two attached hydrogens (primary N) is 1. The molecule has 0 atom stereocenters. The molecule has 4 heteroatoms. The molecule has 3 nitrogen and oxygen atoms in total. The van der Waals surface area contributed by atoms with Crippen molar-refractivity contribution in [3.05, 3.63) is 40.0 Å². The molecule has 0 amide bonds. The highest BCUT2D eigenvalue weighted by Gasteiger charge is 2.09. The van der Waals surface area contributed by atoms with E-state index in [1.54, 1.807) is 6.07 Å². The van der Waals surface area contributed by atoms with Gasteiger partial charge in [-0.05, 0) is 37.1 Å². The van der Waals surface area contributed by atoms with Crippen molar-refractivity contribution in [2.45, 2.75) is 13.8 Å². The van der Waals surface area contributed by atoms with Crippen LogP contribution in [0.1, 0.15) is 16.8 Å². The standard InChI is InChI=1S/C12H12ClN3/c1-6-3-4-8(13)10-7(2)5-9(12(14)15)16-11(6)10/h3-5H,1-2H3,(H3,14,15). The molecule has 2 rings (SSSR count). The highest BCUT2D eigenvalue weighted by Crippen LogP contribution is 2.28. The SMILES string of the molecule is Cc1ccc(Cl)c2c(C)cc(C(=N)N)nc12. The Morgan fingerprint density at radius 2 is 2.00 bits per heavy atom. The van der Waals surface area contributed by atoms with E-state index in [-0.39, 0.29) is 5.84 Å². The lowest BCUT2D eigenvalue weighted by Gasteiger charge is -2.09. The lowest BCUT2D eigenvalue weighted by atomic mass is 10.1. The number of benzene rings is 1. The number of hydrogen-bond acceptors (Lipinski definition) is 2. The first-order valence-electron chi connectivity index (χ1n) is 4.91. The summed E-state index contributed by atoms with van der Waals surface area (Å²) in [7, 11) is 0. The van der Waals surface area contributed by atoms with Crippen LogP contribution in [-0.2, 0) is 0 Å². The zero-order valence-electron chi connectivity index (χ0n) is 9.13. The monoisotopic (exact) mass is 233 g/mol. The van der Waals surface area contributed by atoms with Crippen molar-refractivity contribution in [1.82, 2.24) is 4.98 Å². The summed E-state index contributed by atoms with van der Waals surface area (Å²) in [6.45, 7) is 3.91. The zero-order chi connectivity index (χ0) is 11.9. The van der Waals surface area contributed by atoms with Crippen molar-refractivity contribution in [3.8, 4) is 0 Å². The number of amidine groups is 1. The predicted molar refractivity (Wildman–Crippen MR) is 67.2 cm³/mol. The van der Waals surface area contributed by atoms with Gasteiger partial charge in [-0.2, -0.15) is 0 Å². The van der Waals surface area contributed by atoms with Gasteiger partial charge in [0.1, 0.15) is 11.5 Å². The van der Waals surface area contributed by atoms with Crippen LogP contribution in [0, 0.1) is 19.3 Å². The van der Waals surface area contributed by atoms with Crippen molar-refractivity contribution < 1.29 is 0 Å². The Balaban J connectivity index is 2.92. The third-order valence-corrected chi connectivity index (χ3v) is 2.90. The van der Waals surface area contributed by atoms with Gasteiger partial charge < -0.3 is 5.73 Å². The van der Waals surface area contributed by atoms with Crippen LogP contribution >= 0.6 is 11.6 Å². The number of pyridine rings is 1. The Morgan fingerprint density at radius 1 is 1.31 bits per heavy atom. The van der Waals surface area contributed by atoms with E-state index in [1.807, 2.05) is 26.0 Å². The molecular formula is C12H12ClN3. The minimum atomic E-state index is -0.0237. The fourth-order valence-corrected chi connectivity index (χ4v) is 2.06. The van der Waals surface area contributed by atoms with E-state index >= 15 is 0 Å². The van der Waals surface area contributed by atoms with Crippen LogP contribution in [0.3, 0.4) is 0 Å². The van der Waals surface area contributed by atoms with E-state index in [2.05, 4.69) is 4.98 Å². The molecule has 16 heavy (non-hydrogen) atoms. The first kappa shape index (κ1) is 10.9. The summed E-state index contributed by atoms with van der Waals surface area (Å²) in [6.07, 6.45) is 0. The normalized spacial score (nSPS) is 10.7. The van der Waals surface area contributed by atoms with E-state index in [4.69, 9.17) is 22.7 Å². The Labute approximate surface area is 98.8 Å². The summed E-state index contributed by atoms with van der Waals surface area (Å²) in [6, 6.07) is 5.57. The van der Waals surface area contributed by atoms with Crippen LogP contribution in [-0.4, -0.2) is 10.8 Å². The Kier molecular flexibility index (Phi) is 2.56. The topological polar surface area (TPSA) is 62.8 Å². The van der Waals surface area contributed by atoms with Crippen molar-refractivity contribution in [3.63, 3.8) is 0 Å². The summed E-state index contributed by atoms with van der Waals surface area (Å²) in [5, 5.41) is 9.03. The minimum Gasteiger partial charge on any atom is -0.382 e. The first-order valence-corrected chi connectivity index (χ1v) is 5.29. The van der Waals surface area contributed by atoms with E-state index in [0.717, 1.165) is 22.0 Å². The molecule has 0 radical (unpaired) electrons. The van der Waals surface area contributed by atoms with Gasteiger partial charge in [0.15, 0.2) is 0 Å². The minimum absolute atomic E-state index is 0.0237. The van der Waals surface area contributed by atoms with Crippen LogP contribution in [0.2, 0.25) is 5.02 Å². The number of hydrogen-bond donors (Lipinski definition) is 2. The molecule has 82 valence electrons. The van der Waals surface area contributed by atoms with Crippen LogP contribution in [0.25, 0.3) is 10.9 Å². The Morgan fingerprint density at radius 3 is 2.62 bits per heavy atom. The van der Waals surface area contributed by atoms with Crippen molar-refractivity contribution in [2.75, 3.05) is 0 Å². The second kappa shape index (κ2) is 3.76. The van der Waals surface area contributed by atoms with Gasteiger partial charge >= 0.3 is 0 Å². The lowest BCUT2D eigenvalue weighted by molar-refractivity contribution is 1.27. The predicted octanol–water partition coefficient (Wildman–Crippen LogP) is 2.79. The van der Waals surface area contributed by atoms with Crippen LogP contribution in [0.15, 0.2) is 18.2 Å². The number of aromatic nitrogens is 1. The smallest absolute Gasteiger partial charge is 0.141 e. The molecule has 0 aliphatic carbocycles. The molecule has 0 bridgehead atoms. The molecule has 1 heterocycles. The van der Waals surface area contributed by atoms with Crippen molar-refractivity contribution in [2.24, 2.45) is 5.73 Å². The van der Waals surface area contributed by atoms with E-state index in [1.165, 1.54) is 0 Å². The van der Waals surface area contributed by atoms with Crippen LogP contribution in [0.5, 0.6) is 0 Å². The molecule has 0 fully saturated rings. The van der Waals surface area contributed by atoms with Gasteiger partial charge in [0, 0.05) is 5.39 Å². The van der Waals surface area contributed by atoms with Crippen molar-refractivity contribution >= 4 is 28.3 Å². The number of halogens is 1. The number of nitrogens with zero attached hydrogens (tertiary/aromatic N) is 1. The van der Waals surface area contributed by atoms with Gasteiger partial charge in [-0.25, -0.2) is 4.98 Å². The Bertz CT molecular complexity index is 590. The average Bonchev–Trinajstić information content (AvgIpc) is 2.22. The molecule has 2 aromatic rings. The number of rotatable bonds is 1. The number of nitrogen functional groups attached to an aromatic ring is 1. The number of fused-ring (bicyclic) bond motifs is 1. The molecule has 0 saturated heterocycles. The molecule has 1 aromatic carbocycles. The summed E-state index contributed by atoms with van der Waals surface area (Å²) in [5.41, 5.74) is 8.79. The van der Waals surface area contributed by atoms with Gasteiger partial charge in [0.05, 0.1) is 10.5 Å². The molecule has 1 aromatic heterocycles. The molecule has 0 saturated carbocycles. The number of aryl methyl sites for hydroxylation is 2. The van der Waals surface area contributed by atoms with Gasteiger partial charge in [-0.3, -0.25) is 5.41 Å². The average molecular weight is 234 g/mol. The summed E-state index contributed by atoms with van der Waals surface area (Å²) < 4.78 is 0. The molecule has 0 spiro atoms. The molecule has 0 aliphatic rings. The first-order chi connectivity index (χ1) is 7.50. The second-order valence-corrected chi connectivity index (χ2v) is 4.23. The fourth-order valence-electron chi connectivity index (χ4n) is 1.76. The van der Waals surface area contributed by atoms with Crippen LogP contribution < -0.4 is 5.73 Å². The molecular weight excluding hydrogens is 222 g/mol. The van der Waals surface area contributed by atoms with Gasteiger partial charge in [0.25, 0.3) is 0 Å². The summed E-state index contributed by atoms with van der Waals surface area (Å²) >= 11 is 6.14. The largest absolute Gasteiger partial charge is 0.382 e. The van der Waals surface area contributed by atoms with E-state index in [9.17, 15) is 0 Å². The van der Waals surface area contributed by atoms with E-state index in [0.29, 0.717) is 10.7 Å². The quantitative estimate of drug-likeness (QED) is 0.588. The second-order valence-electron chi connectivity index (χ2n) is 3.83. The molecule has 0 unspecified atom stereocenters. The third-order valence-electron chi connectivity index (χ3n) is 2.58. The van der Waals surface area contributed by atoms with Gasteiger partial charge in [-0.1, -0.05) is 17.7 Å². The molecule has 0 aliphatic heterocycles. The maximum Gasteiger partial charge on any atom is 0.141 e. The van der Waals surface area contributed by atoms with Gasteiger partial charge in [0.2, 0.25) is 0 Å². The fraction of sp³-hybridized carbons (Fsp3) is 0.167. The highest BCUT2D eigenvalue weighted by molar-refractivity contribution is 6.35. The highest BCUT2D eigenvalue weighted by atomic mass is 35.5. The summed E-state index contributed by atoms with van der Waals surface area (Å²) in [5.74, 6) is -0.0237. The van der Waals surface area contributed by atoms with Crippen molar-refractivity contribution in [1.29, 1.82) is 5.41 Å². The lowest BCUT2D eigenvalue weighted by Crippen LogP contribution is -2.13.